The van der Waals surface area contributed by atoms with E-state index in [-0.39, 0.29) is 6.09 Å². The fraction of sp³-hybridized carbons (Fsp3) is 0.471. The van der Waals surface area contributed by atoms with E-state index in [0.29, 0.717) is 6.54 Å². The molecule has 0 unspecified atom stereocenters. The molecule has 110 valence electrons. The second-order valence-corrected chi connectivity index (χ2v) is 6.08. The maximum absolute atomic E-state index is 11.5. The predicted octanol–water partition coefficient (Wildman–Crippen LogP) is 4.15. The SMILES string of the molecule is Cc1cc(C)c(C)c(/C=C/CNC(=O)OC(C)(C)C)c1. The second-order valence-electron chi connectivity index (χ2n) is 6.08. The van der Waals surface area contributed by atoms with Crippen LogP contribution in [0, 0.1) is 20.8 Å². The molecule has 0 heterocycles. The third-order valence-electron chi connectivity index (χ3n) is 2.91. The van der Waals surface area contributed by atoms with Crippen LogP contribution in [0.3, 0.4) is 0 Å². The van der Waals surface area contributed by atoms with E-state index in [1.165, 1.54) is 22.3 Å². The third kappa shape index (κ3) is 5.47. The van der Waals surface area contributed by atoms with E-state index in [0.717, 1.165) is 0 Å². The van der Waals surface area contributed by atoms with Gasteiger partial charge in [-0.2, -0.15) is 0 Å². The van der Waals surface area contributed by atoms with E-state index in [2.05, 4.69) is 38.2 Å². The minimum atomic E-state index is -0.460. The summed E-state index contributed by atoms with van der Waals surface area (Å²) in [7, 11) is 0. The van der Waals surface area contributed by atoms with E-state index in [1.807, 2.05) is 32.9 Å². The number of benzene rings is 1. The molecule has 0 spiro atoms. The van der Waals surface area contributed by atoms with E-state index < -0.39 is 5.60 Å². The molecule has 1 amide bonds. The molecule has 0 aliphatic heterocycles. The van der Waals surface area contributed by atoms with Crippen LogP contribution in [0.2, 0.25) is 0 Å². The van der Waals surface area contributed by atoms with Gasteiger partial charge < -0.3 is 10.1 Å². The van der Waals surface area contributed by atoms with E-state index >= 15 is 0 Å². The largest absolute Gasteiger partial charge is 0.444 e. The summed E-state index contributed by atoms with van der Waals surface area (Å²) >= 11 is 0. The van der Waals surface area contributed by atoms with Crippen LogP contribution in [0.25, 0.3) is 6.08 Å². The highest BCUT2D eigenvalue weighted by molar-refractivity contribution is 5.68. The average molecular weight is 275 g/mol. The van der Waals surface area contributed by atoms with Crippen molar-refractivity contribution >= 4 is 12.2 Å². The second kappa shape index (κ2) is 6.60. The zero-order valence-corrected chi connectivity index (χ0v) is 13.3. The summed E-state index contributed by atoms with van der Waals surface area (Å²) in [6.07, 6.45) is 3.58. The fourth-order valence-corrected chi connectivity index (χ4v) is 1.89. The monoisotopic (exact) mass is 275 g/mol. The molecule has 0 atom stereocenters. The van der Waals surface area contributed by atoms with Crippen molar-refractivity contribution in [3.8, 4) is 0 Å². The van der Waals surface area contributed by atoms with Crippen LogP contribution in [0.15, 0.2) is 18.2 Å². The lowest BCUT2D eigenvalue weighted by Gasteiger charge is -2.19. The lowest BCUT2D eigenvalue weighted by Crippen LogP contribution is -2.32. The van der Waals surface area contributed by atoms with Crippen LogP contribution in [0.4, 0.5) is 4.79 Å². The van der Waals surface area contributed by atoms with Gasteiger partial charge in [0.1, 0.15) is 5.60 Å². The summed E-state index contributed by atoms with van der Waals surface area (Å²) in [6, 6.07) is 4.32. The fourth-order valence-electron chi connectivity index (χ4n) is 1.89. The van der Waals surface area contributed by atoms with Crippen molar-refractivity contribution < 1.29 is 9.53 Å². The topological polar surface area (TPSA) is 38.3 Å². The molecule has 1 aromatic rings. The highest BCUT2D eigenvalue weighted by atomic mass is 16.6. The van der Waals surface area contributed by atoms with Gasteiger partial charge in [-0.1, -0.05) is 29.8 Å². The molecule has 0 saturated heterocycles. The van der Waals surface area contributed by atoms with Crippen molar-refractivity contribution in [2.45, 2.75) is 47.1 Å². The number of carbonyl (C=O) groups excluding carboxylic acids is 1. The molecule has 1 aromatic carbocycles. The van der Waals surface area contributed by atoms with Crippen LogP contribution >= 0.6 is 0 Å². The van der Waals surface area contributed by atoms with Gasteiger partial charge in [-0.25, -0.2) is 4.79 Å². The number of alkyl carbamates (subject to hydrolysis) is 1. The molecule has 1 N–H and O–H groups in total. The summed E-state index contributed by atoms with van der Waals surface area (Å²) in [5.74, 6) is 0. The quantitative estimate of drug-likeness (QED) is 0.900. The van der Waals surface area contributed by atoms with Gasteiger partial charge >= 0.3 is 6.09 Å². The molecule has 1 rings (SSSR count). The zero-order chi connectivity index (χ0) is 15.3. The van der Waals surface area contributed by atoms with Crippen molar-refractivity contribution in [2.75, 3.05) is 6.54 Å². The third-order valence-corrected chi connectivity index (χ3v) is 2.91. The van der Waals surface area contributed by atoms with Gasteiger partial charge in [0.2, 0.25) is 0 Å². The number of hydrogen-bond acceptors (Lipinski definition) is 2. The van der Waals surface area contributed by atoms with Crippen LogP contribution < -0.4 is 5.32 Å². The standard InChI is InChI=1S/C17H25NO2/c1-12-10-13(2)14(3)15(11-12)8-7-9-18-16(19)20-17(4,5)6/h7-8,10-11H,9H2,1-6H3,(H,18,19)/b8-7+. The summed E-state index contributed by atoms with van der Waals surface area (Å²) in [4.78, 5) is 11.5. The first kappa shape index (κ1) is 16.3. The van der Waals surface area contributed by atoms with Gasteiger partial charge in [-0.3, -0.25) is 0 Å². The van der Waals surface area contributed by atoms with Crippen LogP contribution in [0.1, 0.15) is 43.0 Å². The maximum atomic E-state index is 11.5. The Morgan fingerprint density at radius 2 is 1.90 bits per heavy atom. The lowest BCUT2D eigenvalue weighted by atomic mass is 10.00. The number of carbonyl (C=O) groups is 1. The molecule has 3 heteroatoms. The van der Waals surface area contributed by atoms with Gasteiger partial charge in [0.25, 0.3) is 0 Å². The summed E-state index contributed by atoms with van der Waals surface area (Å²) in [5.41, 5.74) is 4.52. The van der Waals surface area contributed by atoms with E-state index in [4.69, 9.17) is 4.74 Å². The molecule has 0 aliphatic carbocycles. The Morgan fingerprint density at radius 3 is 2.50 bits per heavy atom. The molecular formula is C17H25NO2. The predicted molar refractivity (Wildman–Crippen MR) is 83.9 cm³/mol. The number of hydrogen-bond donors (Lipinski definition) is 1. The van der Waals surface area contributed by atoms with Gasteiger partial charge in [-0.05, 0) is 58.2 Å². The number of aryl methyl sites for hydroxylation is 2. The van der Waals surface area contributed by atoms with E-state index in [9.17, 15) is 4.79 Å². The number of amides is 1. The molecule has 0 saturated carbocycles. The Morgan fingerprint density at radius 1 is 1.25 bits per heavy atom. The van der Waals surface area contributed by atoms with Gasteiger partial charge in [-0.15, -0.1) is 0 Å². The summed E-state index contributed by atoms with van der Waals surface area (Å²) < 4.78 is 5.17. The van der Waals surface area contributed by atoms with Gasteiger partial charge in [0.15, 0.2) is 0 Å². The Hall–Kier alpha value is -1.77. The normalized spacial score (nSPS) is 11.7. The molecule has 0 radical (unpaired) electrons. The molecule has 0 bridgehead atoms. The van der Waals surface area contributed by atoms with Crippen molar-refractivity contribution in [3.05, 3.63) is 40.5 Å². The summed E-state index contributed by atoms with van der Waals surface area (Å²) in [6.45, 7) is 12.3. The Bertz CT molecular complexity index is 510. The number of ether oxygens (including phenoxy) is 1. The Balaban J connectivity index is 2.56. The lowest BCUT2D eigenvalue weighted by molar-refractivity contribution is 0.0534. The molecule has 3 nitrogen and oxygen atoms in total. The minimum absolute atomic E-state index is 0.390. The molecule has 0 fully saturated rings. The average Bonchev–Trinajstić information content (AvgIpc) is 2.28. The van der Waals surface area contributed by atoms with Gasteiger partial charge in [0, 0.05) is 6.54 Å². The van der Waals surface area contributed by atoms with Crippen LogP contribution in [-0.2, 0) is 4.74 Å². The molecule has 0 aliphatic rings. The first-order valence-electron chi connectivity index (χ1n) is 6.90. The van der Waals surface area contributed by atoms with Crippen LogP contribution in [0.5, 0.6) is 0 Å². The molecular weight excluding hydrogens is 250 g/mol. The minimum Gasteiger partial charge on any atom is -0.444 e. The Labute approximate surface area is 122 Å². The van der Waals surface area contributed by atoms with Gasteiger partial charge in [0.05, 0.1) is 0 Å². The molecule has 20 heavy (non-hydrogen) atoms. The number of nitrogens with one attached hydrogen (secondary N) is 1. The first-order chi connectivity index (χ1) is 9.19. The maximum Gasteiger partial charge on any atom is 0.407 e. The highest BCUT2D eigenvalue weighted by Crippen LogP contribution is 2.17. The smallest absolute Gasteiger partial charge is 0.407 e. The summed E-state index contributed by atoms with van der Waals surface area (Å²) in [5, 5.41) is 2.71. The Kier molecular flexibility index (Phi) is 5.37. The van der Waals surface area contributed by atoms with Crippen molar-refractivity contribution in [2.24, 2.45) is 0 Å². The highest BCUT2D eigenvalue weighted by Gasteiger charge is 2.14. The first-order valence-corrected chi connectivity index (χ1v) is 6.90. The van der Waals surface area contributed by atoms with E-state index in [1.54, 1.807) is 0 Å². The zero-order valence-electron chi connectivity index (χ0n) is 13.3. The van der Waals surface area contributed by atoms with Crippen molar-refractivity contribution in [3.63, 3.8) is 0 Å². The van der Waals surface area contributed by atoms with Crippen molar-refractivity contribution in [1.29, 1.82) is 0 Å². The van der Waals surface area contributed by atoms with Crippen molar-refractivity contribution in [1.82, 2.24) is 5.32 Å². The number of rotatable bonds is 3. The van der Waals surface area contributed by atoms with Crippen LogP contribution in [-0.4, -0.2) is 18.2 Å². The molecule has 0 aromatic heterocycles.